The molecule has 0 saturated carbocycles. The summed E-state index contributed by atoms with van der Waals surface area (Å²) < 4.78 is 5.35. The van der Waals surface area contributed by atoms with Crippen LogP contribution in [0.25, 0.3) is 22.3 Å². The molecule has 0 radical (unpaired) electrons. The van der Waals surface area contributed by atoms with Crippen molar-refractivity contribution in [1.29, 1.82) is 0 Å². The third-order valence-electron chi connectivity index (χ3n) is 5.80. The van der Waals surface area contributed by atoms with Gasteiger partial charge < -0.3 is 14.7 Å². The van der Waals surface area contributed by atoms with Gasteiger partial charge in [0.1, 0.15) is 5.75 Å². The second-order valence-electron chi connectivity index (χ2n) is 8.06. The van der Waals surface area contributed by atoms with E-state index in [0.717, 1.165) is 27.8 Å². The quantitative estimate of drug-likeness (QED) is 0.578. The van der Waals surface area contributed by atoms with Gasteiger partial charge in [0.05, 0.1) is 0 Å². The number of benzene rings is 3. The van der Waals surface area contributed by atoms with Gasteiger partial charge in [-0.1, -0.05) is 29.8 Å². The number of hydrogen-bond donors (Lipinski definition) is 2. The Morgan fingerprint density at radius 1 is 0.655 bits per heavy atom. The standard InChI is InChI=1S/C25H29BO3/c1-14-10-16(3)24(17(4)11-14)22-13-21(8-9-23(22)29-26(27)28)25-18(5)12-15(2)19(6)20(25)7/h8-13,27-28H,1-7H3. The lowest BCUT2D eigenvalue weighted by molar-refractivity contribution is 0.288. The highest BCUT2D eigenvalue weighted by Gasteiger charge is 2.20. The molecule has 0 aromatic heterocycles. The van der Waals surface area contributed by atoms with Crippen LogP contribution in [0.3, 0.4) is 0 Å². The Kier molecular flexibility index (Phi) is 5.88. The molecule has 0 bridgehead atoms. The summed E-state index contributed by atoms with van der Waals surface area (Å²) in [5, 5.41) is 18.9. The van der Waals surface area contributed by atoms with E-state index in [0.29, 0.717) is 5.75 Å². The monoisotopic (exact) mass is 388 g/mol. The van der Waals surface area contributed by atoms with Gasteiger partial charge in [0.15, 0.2) is 0 Å². The first-order chi connectivity index (χ1) is 13.6. The third kappa shape index (κ3) is 4.09. The molecule has 0 aliphatic rings. The van der Waals surface area contributed by atoms with Crippen LogP contribution in [0, 0.1) is 48.5 Å². The zero-order chi connectivity index (χ0) is 21.5. The molecule has 3 aromatic rings. The van der Waals surface area contributed by atoms with E-state index in [-0.39, 0.29) is 0 Å². The Balaban J connectivity index is 2.31. The lowest BCUT2D eigenvalue weighted by Crippen LogP contribution is -2.21. The van der Waals surface area contributed by atoms with Crippen molar-refractivity contribution in [2.45, 2.75) is 48.5 Å². The molecular formula is C25H29BO3. The van der Waals surface area contributed by atoms with Crippen LogP contribution in [0.1, 0.15) is 38.9 Å². The second kappa shape index (κ2) is 8.06. The van der Waals surface area contributed by atoms with Gasteiger partial charge in [-0.15, -0.1) is 0 Å². The minimum absolute atomic E-state index is 0.456. The summed E-state index contributed by atoms with van der Waals surface area (Å²) in [6.45, 7) is 14.8. The van der Waals surface area contributed by atoms with Crippen LogP contribution in [-0.4, -0.2) is 17.4 Å². The van der Waals surface area contributed by atoms with Crippen LogP contribution in [-0.2, 0) is 0 Å². The lowest BCUT2D eigenvalue weighted by atomic mass is 9.87. The largest absolute Gasteiger partial charge is 0.707 e. The summed E-state index contributed by atoms with van der Waals surface area (Å²) >= 11 is 0. The average molecular weight is 388 g/mol. The van der Waals surface area contributed by atoms with E-state index in [1.165, 1.54) is 33.4 Å². The highest BCUT2D eigenvalue weighted by molar-refractivity contribution is 6.34. The predicted octanol–water partition coefficient (Wildman–Crippen LogP) is 5.53. The highest BCUT2D eigenvalue weighted by atomic mass is 16.6. The fourth-order valence-corrected chi connectivity index (χ4v) is 4.43. The van der Waals surface area contributed by atoms with E-state index in [2.05, 4.69) is 72.7 Å². The zero-order valence-corrected chi connectivity index (χ0v) is 18.3. The molecule has 2 N–H and O–H groups in total. The van der Waals surface area contributed by atoms with Crippen molar-refractivity contribution in [2.24, 2.45) is 0 Å². The molecule has 29 heavy (non-hydrogen) atoms. The van der Waals surface area contributed by atoms with E-state index in [4.69, 9.17) is 4.65 Å². The molecule has 3 aromatic carbocycles. The van der Waals surface area contributed by atoms with Crippen LogP contribution in [0.4, 0.5) is 0 Å². The van der Waals surface area contributed by atoms with Crippen LogP contribution in [0.5, 0.6) is 5.75 Å². The molecule has 150 valence electrons. The molecular weight excluding hydrogens is 359 g/mol. The molecule has 0 spiro atoms. The van der Waals surface area contributed by atoms with Crippen molar-refractivity contribution in [3.8, 4) is 28.0 Å². The zero-order valence-electron chi connectivity index (χ0n) is 18.3. The van der Waals surface area contributed by atoms with Crippen molar-refractivity contribution < 1.29 is 14.7 Å². The van der Waals surface area contributed by atoms with Crippen molar-refractivity contribution in [2.75, 3.05) is 0 Å². The Morgan fingerprint density at radius 3 is 1.83 bits per heavy atom. The van der Waals surface area contributed by atoms with Crippen molar-refractivity contribution in [1.82, 2.24) is 0 Å². The van der Waals surface area contributed by atoms with Gasteiger partial charge in [-0.25, -0.2) is 0 Å². The normalized spacial score (nSPS) is 10.9. The Morgan fingerprint density at radius 2 is 1.24 bits per heavy atom. The van der Waals surface area contributed by atoms with Gasteiger partial charge in [0, 0.05) is 5.56 Å². The minimum Gasteiger partial charge on any atom is -0.512 e. The SMILES string of the molecule is Cc1cc(C)c(-c2cc(-c3c(C)cc(C)c(C)c3C)ccc2OB(O)O)c(C)c1. The summed E-state index contributed by atoms with van der Waals surface area (Å²) in [6, 6.07) is 12.4. The van der Waals surface area contributed by atoms with E-state index in [1.54, 1.807) is 0 Å². The first-order valence-corrected chi connectivity index (χ1v) is 9.93. The van der Waals surface area contributed by atoms with Crippen LogP contribution >= 0.6 is 0 Å². The predicted molar refractivity (Wildman–Crippen MR) is 121 cm³/mol. The minimum atomic E-state index is -1.87. The van der Waals surface area contributed by atoms with E-state index in [9.17, 15) is 10.0 Å². The van der Waals surface area contributed by atoms with E-state index < -0.39 is 7.32 Å². The Bertz CT molecular complexity index is 1060. The molecule has 0 saturated heterocycles. The number of rotatable bonds is 4. The smallest absolute Gasteiger partial charge is 0.512 e. The first-order valence-electron chi connectivity index (χ1n) is 9.93. The van der Waals surface area contributed by atoms with Crippen molar-refractivity contribution in [3.63, 3.8) is 0 Å². The van der Waals surface area contributed by atoms with Gasteiger partial charge in [-0.3, -0.25) is 0 Å². The first kappa shape index (κ1) is 21.2. The van der Waals surface area contributed by atoms with Gasteiger partial charge in [-0.05, 0) is 111 Å². The molecule has 0 fully saturated rings. The van der Waals surface area contributed by atoms with Gasteiger partial charge in [0.25, 0.3) is 0 Å². The maximum Gasteiger partial charge on any atom is 0.707 e. The summed E-state index contributed by atoms with van der Waals surface area (Å²) in [5.41, 5.74) is 12.8. The summed E-state index contributed by atoms with van der Waals surface area (Å²) in [6.07, 6.45) is 0. The average Bonchev–Trinajstić information content (AvgIpc) is 2.60. The molecule has 0 heterocycles. The van der Waals surface area contributed by atoms with E-state index in [1.807, 2.05) is 12.1 Å². The lowest BCUT2D eigenvalue weighted by Gasteiger charge is -2.20. The van der Waals surface area contributed by atoms with E-state index >= 15 is 0 Å². The highest BCUT2D eigenvalue weighted by Crippen LogP contribution is 2.40. The third-order valence-corrected chi connectivity index (χ3v) is 5.80. The van der Waals surface area contributed by atoms with Gasteiger partial charge >= 0.3 is 7.32 Å². The fraction of sp³-hybridized carbons (Fsp3) is 0.280. The number of hydrogen-bond acceptors (Lipinski definition) is 3. The topological polar surface area (TPSA) is 49.7 Å². The molecule has 0 aliphatic carbocycles. The molecule has 0 amide bonds. The van der Waals surface area contributed by atoms with Crippen molar-refractivity contribution >= 4 is 7.32 Å². The molecule has 0 unspecified atom stereocenters. The molecule has 3 rings (SSSR count). The Labute approximate surface area is 174 Å². The number of aryl methyl sites for hydroxylation is 5. The van der Waals surface area contributed by atoms with Crippen molar-refractivity contribution in [3.05, 3.63) is 75.3 Å². The maximum absolute atomic E-state index is 9.43. The molecule has 0 aliphatic heterocycles. The molecule has 0 atom stereocenters. The fourth-order valence-electron chi connectivity index (χ4n) is 4.43. The van der Waals surface area contributed by atoms with Crippen LogP contribution in [0.2, 0.25) is 0 Å². The second-order valence-corrected chi connectivity index (χ2v) is 8.06. The molecule has 4 heteroatoms. The van der Waals surface area contributed by atoms with Crippen LogP contribution < -0.4 is 4.65 Å². The van der Waals surface area contributed by atoms with Gasteiger partial charge in [0.2, 0.25) is 0 Å². The summed E-state index contributed by atoms with van der Waals surface area (Å²) in [4.78, 5) is 0. The molecule has 3 nitrogen and oxygen atoms in total. The van der Waals surface area contributed by atoms with Gasteiger partial charge in [-0.2, -0.15) is 0 Å². The van der Waals surface area contributed by atoms with Crippen LogP contribution in [0.15, 0.2) is 36.4 Å². The maximum atomic E-state index is 9.43. The summed E-state index contributed by atoms with van der Waals surface area (Å²) in [7, 11) is -1.87. The summed E-state index contributed by atoms with van der Waals surface area (Å²) in [5.74, 6) is 0.456. The Hall–Kier alpha value is -2.56.